The Bertz CT molecular complexity index is 480. The first-order chi connectivity index (χ1) is 8.25. The van der Waals surface area contributed by atoms with Crippen LogP contribution >= 0.6 is 0 Å². The molecule has 2 rings (SSSR count). The van der Waals surface area contributed by atoms with E-state index in [0.717, 1.165) is 17.7 Å². The summed E-state index contributed by atoms with van der Waals surface area (Å²) < 4.78 is 5.70. The maximum Gasteiger partial charge on any atom is 0.142 e. The van der Waals surface area contributed by atoms with Gasteiger partial charge >= 0.3 is 0 Å². The van der Waals surface area contributed by atoms with E-state index in [0.29, 0.717) is 12.3 Å². The predicted octanol–water partition coefficient (Wildman–Crippen LogP) is 3.20. The third kappa shape index (κ3) is 3.25. The van der Waals surface area contributed by atoms with Crippen LogP contribution in [-0.2, 0) is 6.42 Å². The highest BCUT2D eigenvalue weighted by atomic mass is 16.5. The summed E-state index contributed by atoms with van der Waals surface area (Å²) in [6.07, 6.45) is 0.897. The van der Waals surface area contributed by atoms with E-state index in [4.69, 9.17) is 10.5 Å². The van der Waals surface area contributed by atoms with Crippen LogP contribution in [0.25, 0.3) is 0 Å². The van der Waals surface area contributed by atoms with E-state index < -0.39 is 0 Å². The second-order valence-electron chi connectivity index (χ2n) is 4.13. The minimum absolute atomic E-state index is 0.650. The van der Waals surface area contributed by atoms with E-state index in [2.05, 4.69) is 12.1 Å². The molecule has 0 aliphatic carbocycles. The van der Waals surface area contributed by atoms with Gasteiger partial charge in [-0.2, -0.15) is 0 Å². The quantitative estimate of drug-likeness (QED) is 0.814. The van der Waals surface area contributed by atoms with Crippen LogP contribution in [0.3, 0.4) is 0 Å². The molecule has 2 N–H and O–H groups in total. The average Bonchev–Trinajstić information content (AvgIpc) is 2.35. The normalized spacial score (nSPS) is 10.2. The highest BCUT2D eigenvalue weighted by Crippen LogP contribution is 2.22. The van der Waals surface area contributed by atoms with Gasteiger partial charge in [-0.1, -0.05) is 36.4 Å². The molecule has 2 heteroatoms. The maximum absolute atomic E-state index is 5.84. The molecule has 0 aromatic heterocycles. The molecule has 0 saturated carbocycles. The van der Waals surface area contributed by atoms with Gasteiger partial charge in [0.25, 0.3) is 0 Å². The molecule has 2 aromatic rings. The molecular weight excluding hydrogens is 210 g/mol. The Morgan fingerprint density at radius 3 is 2.59 bits per heavy atom. The van der Waals surface area contributed by atoms with Gasteiger partial charge < -0.3 is 10.5 Å². The van der Waals surface area contributed by atoms with E-state index in [-0.39, 0.29) is 0 Å². The molecule has 17 heavy (non-hydrogen) atoms. The van der Waals surface area contributed by atoms with E-state index in [1.165, 1.54) is 5.56 Å². The van der Waals surface area contributed by atoms with E-state index >= 15 is 0 Å². The fourth-order valence-corrected chi connectivity index (χ4v) is 1.69. The number of hydrogen-bond donors (Lipinski definition) is 1. The smallest absolute Gasteiger partial charge is 0.142 e. The lowest BCUT2D eigenvalue weighted by Crippen LogP contribution is -2.03. The Morgan fingerprint density at radius 1 is 1.06 bits per heavy atom. The number of anilines is 1. The summed E-state index contributed by atoms with van der Waals surface area (Å²) in [6, 6.07) is 16.1. The summed E-state index contributed by atoms with van der Waals surface area (Å²) in [5.74, 6) is 0.779. The van der Waals surface area contributed by atoms with Crippen molar-refractivity contribution >= 4 is 5.69 Å². The Labute approximate surface area is 102 Å². The average molecular weight is 227 g/mol. The molecule has 0 fully saturated rings. The summed E-state index contributed by atoms with van der Waals surface area (Å²) in [6.45, 7) is 2.68. The third-order valence-corrected chi connectivity index (χ3v) is 2.66. The molecular formula is C15H17NO. The van der Waals surface area contributed by atoms with Crippen molar-refractivity contribution in [2.24, 2.45) is 0 Å². The van der Waals surface area contributed by atoms with Crippen LogP contribution in [0.5, 0.6) is 5.75 Å². The zero-order valence-corrected chi connectivity index (χ0v) is 10.0. The fraction of sp³-hybridized carbons (Fsp3) is 0.200. The van der Waals surface area contributed by atoms with Crippen molar-refractivity contribution < 1.29 is 4.74 Å². The second kappa shape index (κ2) is 5.39. The Kier molecular flexibility index (Phi) is 3.66. The summed E-state index contributed by atoms with van der Waals surface area (Å²) in [5, 5.41) is 0. The molecule has 0 heterocycles. The maximum atomic E-state index is 5.84. The lowest BCUT2D eigenvalue weighted by atomic mass is 10.2. The third-order valence-electron chi connectivity index (χ3n) is 2.66. The van der Waals surface area contributed by atoms with Crippen molar-refractivity contribution in [2.75, 3.05) is 12.3 Å². The number of hydrogen-bond acceptors (Lipinski definition) is 2. The molecule has 2 aromatic carbocycles. The minimum Gasteiger partial charge on any atom is -0.491 e. The zero-order chi connectivity index (χ0) is 12.1. The van der Waals surface area contributed by atoms with Crippen LogP contribution in [0, 0.1) is 6.92 Å². The van der Waals surface area contributed by atoms with Crippen molar-refractivity contribution in [2.45, 2.75) is 13.3 Å². The van der Waals surface area contributed by atoms with Crippen LogP contribution in [-0.4, -0.2) is 6.61 Å². The van der Waals surface area contributed by atoms with Crippen molar-refractivity contribution in [1.82, 2.24) is 0 Å². The summed E-state index contributed by atoms with van der Waals surface area (Å²) >= 11 is 0. The molecule has 0 bridgehead atoms. The largest absolute Gasteiger partial charge is 0.491 e. The summed E-state index contributed by atoms with van der Waals surface area (Å²) in [5.41, 5.74) is 8.98. The monoisotopic (exact) mass is 227 g/mol. The SMILES string of the molecule is Cc1ccc(N)c(OCCc2ccccc2)c1. The van der Waals surface area contributed by atoms with Gasteiger partial charge in [-0.05, 0) is 30.2 Å². The molecule has 88 valence electrons. The van der Waals surface area contributed by atoms with Gasteiger partial charge in [0.05, 0.1) is 12.3 Å². The molecule has 0 unspecified atom stereocenters. The number of ether oxygens (including phenoxy) is 1. The Hall–Kier alpha value is -1.96. The van der Waals surface area contributed by atoms with Crippen LogP contribution in [0.2, 0.25) is 0 Å². The second-order valence-corrected chi connectivity index (χ2v) is 4.13. The van der Waals surface area contributed by atoms with Gasteiger partial charge in [-0.3, -0.25) is 0 Å². The van der Waals surface area contributed by atoms with Crippen molar-refractivity contribution in [3.63, 3.8) is 0 Å². The highest BCUT2D eigenvalue weighted by molar-refractivity contribution is 5.53. The molecule has 0 spiro atoms. The van der Waals surface area contributed by atoms with Crippen LogP contribution in [0.1, 0.15) is 11.1 Å². The van der Waals surface area contributed by atoms with Crippen LogP contribution < -0.4 is 10.5 Å². The number of nitrogens with two attached hydrogens (primary N) is 1. The molecule has 0 radical (unpaired) electrons. The van der Waals surface area contributed by atoms with Crippen molar-refractivity contribution in [1.29, 1.82) is 0 Å². The first-order valence-corrected chi connectivity index (χ1v) is 5.78. The van der Waals surface area contributed by atoms with Gasteiger partial charge in [-0.15, -0.1) is 0 Å². The Morgan fingerprint density at radius 2 is 1.82 bits per heavy atom. The number of aryl methyl sites for hydroxylation is 1. The van der Waals surface area contributed by atoms with Crippen molar-refractivity contribution in [3.8, 4) is 5.75 Å². The Balaban J connectivity index is 1.92. The molecule has 0 saturated heterocycles. The van der Waals surface area contributed by atoms with Crippen LogP contribution in [0.4, 0.5) is 5.69 Å². The van der Waals surface area contributed by atoms with Crippen LogP contribution in [0.15, 0.2) is 48.5 Å². The first-order valence-electron chi connectivity index (χ1n) is 5.78. The molecule has 2 nitrogen and oxygen atoms in total. The number of rotatable bonds is 4. The van der Waals surface area contributed by atoms with Gasteiger partial charge in [0.15, 0.2) is 0 Å². The van der Waals surface area contributed by atoms with E-state index in [9.17, 15) is 0 Å². The number of benzene rings is 2. The fourth-order valence-electron chi connectivity index (χ4n) is 1.69. The first kappa shape index (κ1) is 11.5. The van der Waals surface area contributed by atoms with E-state index in [1.54, 1.807) is 0 Å². The molecule has 0 aliphatic rings. The van der Waals surface area contributed by atoms with Gasteiger partial charge in [0.2, 0.25) is 0 Å². The summed E-state index contributed by atoms with van der Waals surface area (Å²) in [4.78, 5) is 0. The van der Waals surface area contributed by atoms with Crippen molar-refractivity contribution in [3.05, 3.63) is 59.7 Å². The zero-order valence-electron chi connectivity index (χ0n) is 10.0. The molecule has 0 amide bonds. The van der Waals surface area contributed by atoms with E-state index in [1.807, 2.05) is 43.3 Å². The van der Waals surface area contributed by atoms with Gasteiger partial charge in [0, 0.05) is 6.42 Å². The molecule has 0 aliphatic heterocycles. The van der Waals surface area contributed by atoms with Gasteiger partial charge in [-0.25, -0.2) is 0 Å². The highest BCUT2D eigenvalue weighted by Gasteiger charge is 2.00. The minimum atomic E-state index is 0.650. The summed E-state index contributed by atoms with van der Waals surface area (Å²) in [7, 11) is 0. The topological polar surface area (TPSA) is 35.2 Å². The lowest BCUT2D eigenvalue weighted by Gasteiger charge is -2.09. The number of nitrogen functional groups attached to an aromatic ring is 1. The predicted molar refractivity (Wildman–Crippen MR) is 71.2 cm³/mol. The lowest BCUT2D eigenvalue weighted by molar-refractivity contribution is 0.323. The standard InChI is InChI=1S/C15H17NO/c1-12-7-8-14(16)15(11-12)17-10-9-13-5-3-2-4-6-13/h2-8,11H,9-10,16H2,1H3. The van der Waals surface area contributed by atoms with Gasteiger partial charge in [0.1, 0.15) is 5.75 Å². The molecule has 0 atom stereocenters.